The van der Waals surface area contributed by atoms with Crippen molar-refractivity contribution >= 4 is 11.8 Å². The van der Waals surface area contributed by atoms with Gasteiger partial charge in [-0.3, -0.25) is 4.79 Å². The minimum absolute atomic E-state index is 0.126. The largest absolute Gasteiger partial charge is 0.475 e. The first-order valence-corrected chi connectivity index (χ1v) is 3.70. The summed E-state index contributed by atoms with van der Waals surface area (Å²) in [6, 6.07) is 2.61. The molecule has 74 valence electrons. The Morgan fingerprint density at radius 1 is 1.29 bits per heavy atom. The van der Waals surface area contributed by atoms with Crippen LogP contribution in [0.2, 0.25) is 0 Å². The van der Waals surface area contributed by atoms with E-state index in [9.17, 15) is 18.4 Å². The Labute approximate surface area is 78.0 Å². The number of Topliss-reactive ketones (excluding diaryl/α,β-unsaturated/α-hetero) is 1. The van der Waals surface area contributed by atoms with Crippen LogP contribution in [0, 0.1) is 11.6 Å². The lowest BCUT2D eigenvalue weighted by molar-refractivity contribution is -0.148. The number of carboxylic acid groups (broad SMARTS) is 1. The Bertz CT molecular complexity index is 388. The molecule has 0 fully saturated rings. The van der Waals surface area contributed by atoms with Crippen LogP contribution in [0.25, 0.3) is 0 Å². The summed E-state index contributed by atoms with van der Waals surface area (Å²) in [6.07, 6.45) is -0.568. The lowest BCUT2D eigenvalue weighted by atomic mass is 10.1. The molecule has 0 saturated carbocycles. The van der Waals surface area contributed by atoms with Gasteiger partial charge in [-0.2, -0.15) is 0 Å². The predicted octanol–water partition coefficient (Wildman–Crippen LogP) is 1.16. The fourth-order valence-electron chi connectivity index (χ4n) is 0.914. The van der Waals surface area contributed by atoms with E-state index in [1.165, 1.54) is 0 Å². The molecule has 0 unspecified atom stereocenters. The zero-order chi connectivity index (χ0) is 10.7. The molecule has 0 amide bonds. The second-order valence-electron chi connectivity index (χ2n) is 2.64. The fourth-order valence-corrected chi connectivity index (χ4v) is 0.914. The van der Waals surface area contributed by atoms with Gasteiger partial charge >= 0.3 is 5.97 Å². The molecule has 1 rings (SSSR count). The van der Waals surface area contributed by atoms with Crippen molar-refractivity contribution in [2.24, 2.45) is 0 Å². The van der Waals surface area contributed by atoms with Crippen LogP contribution in [-0.4, -0.2) is 16.9 Å². The number of halogens is 2. The Morgan fingerprint density at radius 3 is 2.43 bits per heavy atom. The van der Waals surface area contributed by atoms with E-state index in [4.69, 9.17) is 5.11 Å². The van der Waals surface area contributed by atoms with Crippen molar-refractivity contribution in [3.63, 3.8) is 0 Å². The average molecular weight is 200 g/mol. The maximum absolute atomic E-state index is 12.9. The molecule has 0 aliphatic heterocycles. The number of aliphatic carboxylic acids is 1. The summed E-state index contributed by atoms with van der Waals surface area (Å²) in [5.74, 6) is -4.45. The van der Waals surface area contributed by atoms with Gasteiger partial charge in [0.15, 0.2) is 0 Å². The van der Waals surface area contributed by atoms with Crippen LogP contribution in [0.1, 0.15) is 5.56 Å². The first-order chi connectivity index (χ1) is 6.50. The number of hydrogen-bond donors (Lipinski definition) is 1. The summed E-state index contributed by atoms with van der Waals surface area (Å²) < 4.78 is 25.3. The third kappa shape index (κ3) is 2.35. The zero-order valence-corrected chi connectivity index (χ0v) is 6.96. The molecule has 1 aromatic carbocycles. The average Bonchev–Trinajstić information content (AvgIpc) is 2.09. The van der Waals surface area contributed by atoms with Crippen molar-refractivity contribution in [3.05, 3.63) is 35.4 Å². The fraction of sp³-hybridized carbons (Fsp3) is 0.111. The van der Waals surface area contributed by atoms with Crippen molar-refractivity contribution < 1.29 is 23.5 Å². The molecular weight excluding hydrogens is 194 g/mol. The Balaban J connectivity index is 2.87. The quantitative estimate of drug-likeness (QED) is 0.745. The molecule has 1 N–H and O–H groups in total. The Morgan fingerprint density at radius 2 is 1.93 bits per heavy atom. The van der Waals surface area contributed by atoms with Crippen LogP contribution in [0.5, 0.6) is 0 Å². The van der Waals surface area contributed by atoms with E-state index >= 15 is 0 Å². The second kappa shape index (κ2) is 3.95. The lowest BCUT2D eigenvalue weighted by Crippen LogP contribution is -2.15. The number of carbonyl (C=O) groups is 2. The molecule has 1 aromatic rings. The number of carbonyl (C=O) groups excluding carboxylic acids is 1. The highest BCUT2D eigenvalue weighted by atomic mass is 19.1. The van der Waals surface area contributed by atoms with Gasteiger partial charge in [0.1, 0.15) is 11.6 Å². The smallest absolute Gasteiger partial charge is 0.372 e. The zero-order valence-electron chi connectivity index (χ0n) is 6.96. The molecular formula is C9H6F2O3. The van der Waals surface area contributed by atoms with E-state index in [-0.39, 0.29) is 5.56 Å². The molecule has 0 radical (unpaired) electrons. The molecule has 5 heteroatoms. The van der Waals surface area contributed by atoms with Crippen LogP contribution in [0.4, 0.5) is 8.78 Å². The second-order valence-corrected chi connectivity index (χ2v) is 2.64. The number of ketones is 1. The van der Waals surface area contributed by atoms with Gasteiger partial charge in [0.2, 0.25) is 5.78 Å². The summed E-state index contributed by atoms with van der Waals surface area (Å²) in [4.78, 5) is 20.8. The van der Waals surface area contributed by atoms with E-state index in [0.717, 1.165) is 12.1 Å². The molecule has 0 spiro atoms. The van der Waals surface area contributed by atoms with Gasteiger partial charge in [0.25, 0.3) is 0 Å². The van der Waals surface area contributed by atoms with Crippen LogP contribution in [-0.2, 0) is 16.0 Å². The highest BCUT2D eigenvalue weighted by molar-refractivity contribution is 6.33. The first kappa shape index (κ1) is 10.3. The SMILES string of the molecule is O=C(O)C(=O)Cc1ccc(F)cc1F. The van der Waals surface area contributed by atoms with E-state index in [1.54, 1.807) is 0 Å². The lowest BCUT2D eigenvalue weighted by Gasteiger charge is -1.99. The van der Waals surface area contributed by atoms with E-state index in [0.29, 0.717) is 6.07 Å². The summed E-state index contributed by atoms with van der Waals surface area (Å²) in [5.41, 5.74) is -0.126. The number of hydrogen-bond acceptors (Lipinski definition) is 2. The monoisotopic (exact) mass is 200 g/mol. The topological polar surface area (TPSA) is 54.4 Å². The highest BCUT2D eigenvalue weighted by Gasteiger charge is 2.14. The van der Waals surface area contributed by atoms with Gasteiger partial charge in [-0.1, -0.05) is 6.07 Å². The minimum Gasteiger partial charge on any atom is -0.475 e. The van der Waals surface area contributed by atoms with Gasteiger partial charge in [0.05, 0.1) is 0 Å². The predicted molar refractivity (Wildman–Crippen MR) is 42.7 cm³/mol. The molecule has 0 aromatic heterocycles. The Kier molecular flexibility index (Phi) is 2.91. The molecule has 0 heterocycles. The first-order valence-electron chi connectivity index (χ1n) is 3.70. The van der Waals surface area contributed by atoms with Crippen molar-refractivity contribution in [2.45, 2.75) is 6.42 Å². The summed E-state index contributed by atoms with van der Waals surface area (Å²) in [5, 5.41) is 8.24. The third-order valence-electron chi connectivity index (χ3n) is 1.60. The van der Waals surface area contributed by atoms with Gasteiger partial charge < -0.3 is 5.11 Å². The third-order valence-corrected chi connectivity index (χ3v) is 1.60. The molecule has 3 nitrogen and oxygen atoms in total. The highest BCUT2D eigenvalue weighted by Crippen LogP contribution is 2.10. The van der Waals surface area contributed by atoms with Gasteiger partial charge in [-0.25, -0.2) is 13.6 Å². The van der Waals surface area contributed by atoms with Crippen molar-refractivity contribution in [2.75, 3.05) is 0 Å². The van der Waals surface area contributed by atoms with E-state index in [1.807, 2.05) is 0 Å². The number of rotatable bonds is 3. The number of benzene rings is 1. The molecule has 14 heavy (non-hydrogen) atoms. The Hall–Kier alpha value is -1.78. The molecule has 0 saturated heterocycles. The van der Waals surface area contributed by atoms with E-state index in [2.05, 4.69) is 0 Å². The molecule has 0 bridgehead atoms. The van der Waals surface area contributed by atoms with Crippen molar-refractivity contribution in [3.8, 4) is 0 Å². The van der Waals surface area contributed by atoms with E-state index < -0.39 is 29.8 Å². The van der Waals surface area contributed by atoms with Gasteiger partial charge in [-0.05, 0) is 11.6 Å². The summed E-state index contributed by atoms with van der Waals surface area (Å²) >= 11 is 0. The van der Waals surface area contributed by atoms with Crippen LogP contribution < -0.4 is 0 Å². The normalized spacial score (nSPS) is 9.86. The van der Waals surface area contributed by atoms with Crippen molar-refractivity contribution in [1.82, 2.24) is 0 Å². The molecule has 0 aliphatic carbocycles. The van der Waals surface area contributed by atoms with Gasteiger partial charge in [0, 0.05) is 12.5 Å². The minimum atomic E-state index is -1.63. The van der Waals surface area contributed by atoms with Crippen molar-refractivity contribution in [1.29, 1.82) is 0 Å². The number of carboxylic acids is 1. The summed E-state index contributed by atoms with van der Waals surface area (Å²) in [7, 11) is 0. The molecule has 0 atom stereocenters. The van der Waals surface area contributed by atoms with Crippen LogP contribution >= 0.6 is 0 Å². The molecule has 0 aliphatic rings. The van der Waals surface area contributed by atoms with Crippen LogP contribution in [0.15, 0.2) is 18.2 Å². The maximum Gasteiger partial charge on any atom is 0.372 e. The van der Waals surface area contributed by atoms with Crippen LogP contribution in [0.3, 0.4) is 0 Å². The standard InChI is InChI=1S/C9H6F2O3/c10-6-2-1-5(7(11)4-6)3-8(12)9(13)14/h1-2,4H,3H2,(H,13,14). The maximum atomic E-state index is 12.9. The van der Waals surface area contributed by atoms with Gasteiger partial charge in [-0.15, -0.1) is 0 Å². The summed E-state index contributed by atoms with van der Waals surface area (Å²) in [6.45, 7) is 0.